The summed E-state index contributed by atoms with van der Waals surface area (Å²) in [5.74, 6) is 2.07. The van der Waals surface area contributed by atoms with Gasteiger partial charge in [-0.15, -0.1) is 0 Å². The summed E-state index contributed by atoms with van der Waals surface area (Å²) < 4.78 is 0. The lowest BCUT2D eigenvalue weighted by atomic mass is 9.87. The van der Waals surface area contributed by atoms with Crippen LogP contribution in [0, 0.1) is 6.92 Å². The van der Waals surface area contributed by atoms with Gasteiger partial charge in [0, 0.05) is 31.9 Å². The molecular formula is C22H29N5. The second kappa shape index (κ2) is 6.55. The summed E-state index contributed by atoms with van der Waals surface area (Å²) in [5.41, 5.74) is 4.85. The largest absolute Gasteiger partial charge is 0.353 e. The minimum Gasteiger partial charge on any atom is -0.353 e. The van der Waals surface area contributed by atoms with Crippen LogP contribution in [0.1, 0.15) is 38.8 Å². The Morgan fingerprint density at radius 2 is 1.96 bits per heavy atom. The third-order valence-electron chi connectivity index (χ3n) is 5.52. The molecule has 27 heavy (non-hydrogen) atoms. The molecule has 0 amide bonds. The molecule has 0 radical (unpaired) electrons. The summed E-state index contributed by atoms with van der Waals surface area (Å²) in [6.07, 6.45) is 1.88. The number of nitrogens with one attached hydrogen (secondary N) is 1. The molecule has 1 aliphatic heterocycles. The number of fused-ring (bicyclic) bond motifs is 1. The monoisotopic (exact) mass is 363 g/mol. The van der Waals surface area contributed by atoms with Crippen molar-refractivity contribution < 1.29 is 0 Å². The number of benzene rings is 1. The highest BCUT2D eigenvalue weighted by Gasteiger charge is 2.27. The van der Waals surface area contributed by atoms with Crippen LogP contribution in [-0.2, 0) is 5.41 Å². The van der Waals surface area contributed by atoms with Crippen LogP contribution < -0.4 is 9.80 Å². The quantitative estimate of drug-likeness (QED) is 0.738. The molecule has 5 heteroatoms. The fraction of sp³-hybridized carbons (Fsp3) is 0.455. The van der Waals surface area contributed by atoms with E-state index in [2.05, 4.69) is 78.7 Å². The molecule has 3 heterocycles. The van der Waals surface area contributed by atoms with Gasteiger partial charge in [-0.3, -0.25) is 0 Å². The molecular weight excluding hydrogens is 334 g/mol. The number of aryl methyl sites for hydroxylation is 1. The molecule has 142 valence electrons. The van der Waals surface area contributed by atoms with Crippen LogP contribution >= 0.6 is 0 Å². The Labute approximate surface area is 161 Å². The van der Waals surface area contributed by atoms with E-state index >= 15 is 0 Å². The van der Waals surface area contributed by atoms with E-state index in [4.69, 9.17) is 4.98 Å². The molecule has 2 aromatic heterocycles. The van der Waals surface area contributed by atoms with E-state index in [-0.39, 0.29) is 5.41 Å². The summed E-state index contributed by atoms with van der Waals surface area (Å²) >= 11 is 0. The Morgan fingerprint density at radius 1 is 1.15 bits per heavy atom. The van der Waals surface area contributed by atoms with Gasteiger partial charge >= 0.3 is 0 Å². The third-order valence-corrected chi connectivity index (χ3v) is 5.52. The molecule has 0 unspecified atom stereocenters. The van der Waals surface area contributed by atoms with E-state index in [1.165, 1.54) is 11.1 Å². The van der Waals surface area contributed by atoms with E-state index in [1.807, 2.05) is 12.3 Å². The summed E-state index contributed by atoms with van der Waals surface area (Å²) in [6.45, 7) is 14.0. The van der Waals surface area contributed by atoms with Crippen LogP contribution in [0.15, 0.2) is 36.5 Å². The highest BCUT2D eigenvalue weighted by Crippen LogP contribution is 2.28. The Hall–Kier alpha value is -2.56. The number of hydrogen-bond acceptors (Lipinski definition) is 4. The molecule has 1 saturated heterocycles. The average molecular weight is 364 g/mol. The summed E-state index contributed by atoms with van der Waals surface area (Å²) in [6, 6.07) is 11.1. The third kappa shape index (κ3) is 3.38. The van der Waals surface area contributed by atoms with E-state index in [0.717, 1.165) is 42.4 Å². The lowest BCUT2D eigenvalue weighted by molar-refractivity contribution is 0.539. The molecule has 0 bridgehead atoms. The fourth-order valence-corrected chi connectivity index (χ4v) is 3.87. The number of aromatic amines is 1. The number of imidazole rings is 1. The van der Waals surface area contributed by atoms with Crippen molar-refractivity contribution in [3.05, 3.63) is 47.7 Å². The van der Waals surface area contributed by atoms with Gasteiger partial charge in [-0.2, -0.15) is 0 Å². The second-order valence-corrected chi connectivity index (χ2v) is 8.67. The first kappa shape index (κ1) is 17.8. The Morgan fingerprint density at radius 3 is 2.67 bits per heavy atom. The number of nitrogens with zero attached hydrogens (tertiary/aromatic N) is 4. The average Bonchev–Trinajstić information content (AvgIpc) is 3.04. The van der Waals surface area contributed by atoms with Gasteiger partial charge in [0.2, 0.25) is 5.95 Å². The molecule has 0 saturated carbocycles. The normalized spacial score (nSPS) is 18.3. The molecule has 4 rings (SSSR count). The lowest BCUT2D eigenvalue weighted by Gasteiger charge is -2.40. The van der Waals surface area contributed by atoms with Gasteiger partial charge < -0.3 is 14.8 Å². The molecule has 5 nitrogen and oxygen atoms in total. The first-order valence-corrected chi connectivity index (χ1v) is 9.76. The van der Waals surface area contributed by atoms with Crippen molar-refractivity contribution in [3.8, 4) is 0 Å². The topological polar surface area (TPSA) is 48.1 Å². The van der Waals surface area contributed by atoms with Crippen LogP contribution in [0.4, 0.5) is 11.8 Å². The molecule has 1 N–H and O–H groups in total. The smallest absolute Gasteiger partial charge is 0.204 e. The van der Waals surface area contributed by atoms with Crippen LogP contribution in [0.2, 0.25) is 0 Å². The number of anilines is 2. The SMILES string of the molecule is Cc1cccnc1N1CCN(c2nc3ccc(C(C)(C)C)cc3[nH]2)[C@H](C)C1. The zero-order valence-electron chi connectivity index (χ0n) is 17.0. The molecule has 1 aromatic carbocycles. The van der Waals surface area contributed by atoms with Gasteiger partial charge in [0.1, 0.15) is 5.82 Å². The van der Waals surface area contributed by atoms with Gasteiger partial charge in [-0.05, 0) is 48.6 Å². The van der Waals surface area contributed by atoms with E-state index in [0.29, 0.717) is 6.04 Å². The Bertz CT molecular complexity index is 953. The van der Waals surface area contributed by atoms with Crippen LogP contribution in [-0.4, -0.2) is 40.6 Å². The van der Waals surface area contributed by atoms with E-state index in [1.54, 1.807) is 0 Å². The molecule has 1 aliphatic rings. The molecule has 0 aliphatic carbocycles. The van der Waals surface area contributed by atoms with Crippen LogP contribution in [0.5, 0.6) is 0 Å². The van der Waals surface area contributed by atoms with Crippen molar-refractivity contribution in [2.45, 2.75) is 46.1 Å². The summed E-state index contributed by atoms with van der Waals surface area (Å²) in [4.78, 5) is 17.8. The number of rotatable bonds is 2. The van der Waals surface area contributed by atoms with Crippen molar-refractivity contribution >= 4 is 22.8 Å². The zero-order chi connectivity index (χ0) is 19.2. The van der Waals surface area contributed by atoms with Gasteiger partial charge in [-0.1, -0.05) is 32.9 Å². The summed E-state index contributed by atoms with van der Waals surface area (Å²) in [7, 11) is 0. The van der Waals surface area contributed by atoms with Crippen LogP contribution in [0.3, 0.4) is 0 Å². The van der Waals surface area contributed by atoms with E-state index < -0.39 is 0 Å². The minimum absolute atomic E-state index is 0.138. The maximum atomic E-state index is 4.86. The minimum atomic E-state index is 0.138. The van der Waals surface area contributed by atoms with Crippen molar-refractivity contribution in [2.24, 2.45) is 0 Å². The number of H-pyrrole nitrogens is 1. The number of pyridine rings is 1. The first-order valence-electron chi connectivity index (χ1n) is 9.76. The maximum absolute atomic E-state index is 4.86. The summed E-state index contributed by atoms with van der Waals surface area (Å²) in [5, 5.41) is 0. The number of aromatic nitrogens is 3. The standard InChI is InChI=1S/C22H29N5/c1-15-7-6-10-23-20(15)26-11-12-27(16(2)14-26)21-24-18-9-8-17(22(3,4)5)13-19(18)25-21/h6-10,13,16H,11-12,14H2,1-5H3,(H,24,25)/t16-/m1/s1. The van der Waals surface area contributed by atoms with Crippen molar-refractivity contribution in [1.82, 2.24) is 15.0 Å². The van der Waals surface area contributed by atoms with Gasteiger partial charge in [0.25, 0.3) is 0 Å². The van der Waals surface area contributed by atoms with Gasteiger partial charge in [-0.25, -0.2) is 9.97 Å². The molecule has 3 aromatic rings. The number of piperazine rings is 1. The fourth-order valence-electron chi connectivity index (χ4n) is 3.87. The second-order valence-electron chi connectivity index (χ2n) is 8.67. The zero-order valence-corrected chi connectivity index (χ0v) is 17.0. The van der Waals surface area contributed by atoms with Crippen molar-refractivity contribution in [2.75, 3.05) is 29.4 Å². The predicted octanol–water partition coefficient (Wildman–Crippen LogP) is 4.28. The Balaban J connectivity index is 1.57. The highest BCUT2D eigenvalue weighted by atomic mass is 15.4. The predicted molar refractivity (Wildman–Crippen MR) is 113 cm³/mol. The highest BCUT2D eigenvalue weighted by molar-refractivity contribution is 5.79. The number of hydrogen-bond donors (Lipinski definition) is 1. The van der Waals surface area contributed by atoms with Gasteiger partial charge in [0.05, 0.1) is 11.0 Å². The van der Waals surface area contributed by atoms with Crippen LogP contribution in [0.25, 0.3) is 11.0 Å². The van der Waals surface area contributed by atoms with Gasteiger partial charge in [0.15, 0.2) is 0 Å². The molecule has 0 spiro atoms. The van der Waals surface area contributed by atoms with Crippen molar-refractivity contribution in [1.29, 1.82) is 0 Å². The maximum Gasteiger partial charge on any atom is 0.204 e. The molecule has 1 fully saturated rings. The van der Waals surface area contributed by atoms with Crippen molar-refractivity contribution in [3.63, 3.8) is 0 Å². The lowest BCUT2D eigenvalue weighted by Crippen LogP contribution is -2.53. The first-order chi connectivity index (χ1) is 12.8. The molecule has 1 atom stereocenters. The Kier molecular flexibility index (Phi) is 4.33. The van der Waals surface area contributed by atoms with E-state index in [9.17, 15) is 0 Å².